The van der Waals surface area contributed by atoms with E-state index < -0.39 is 0 Å². The summed E-state index contributed by atoms with van der Waals surface area (Å²) >= 11 is 6.24. The molecule has 112 valence electrons. The number of halogens is 1. The molecule has 2 N–H and O–H groups in total. The molecule has 2 unspecified atom stereocenters. The van der Waals surface area contributed by atoms with Crippen LogP contribution >= 0.6 is 11.6 Å². The van der Waals surface area contributed by atoms with Gasteiger partial charge in [-0.25, -0.2) is 4.68 Å². The van der Waals surface area contributed by atoms with E-state index in [2.05, 4.69) is 16.9 Å². The summed E-state index contributed by atoms with van der Waals surface area (Å²) in [6.45, 7) is 3.56. The number of aryl methyl sites for hydroxylation is 1. The van der Waals surface area contributed by atoms with Crippen LogP contribution in [0.1, 0.15) is 32.6 Å². The van der Waals surface area contributed by atoms with Crippen LogP contribution in [0, 0.1) is 5.92 Å². The Morgan fingerprint density at radius 3 is 2.85 bits per heavy atom. The second-order valence-corrected chi connectivity index (χ2v) is 5.78. The molecule has 0 aromatic carbocycles. The van der Waals surface area contributed by atoms with Gasteiger partial charge < -0.3 is 10.6 Å². The lowest BCUT2D eigenvalue weighted by atomic mass is 9.83. The van der Waals surface area contributed by atoms with Crippen LogP contribution in [-0.4, -0.2) is 28.9 Å². The Bertz CT molecular complexity index is 516. The van der Waals surface area contributed by atoms with Gasteiger partial charge in [-0.15, -0.1) is 0 Å². The maximum absolute atomic E-state index is 12.0. The lowest BCUT2D eigenvalue weighted by Gasteiger charge is -2.40. The molecule has 1 aromatic heterocycles. The summed E-state index contributed by atoms with van der Waals surface area (Å²) in [5, 5.41) is 4.36. The minimum atomic E-state index is -0.247. The summed E-state index contributed by atoms with van der Waals surface area (Å²) in [4.78, 5) is 14.2. The number of nitrogens with zero attached hydrogens (tertiary/aromatic N) is 3. The standard InChI is InChI=1S/C14H23ClN4O/c1-3-19(11-7-5-4-6-10(11)8-16)12-9-17-18(2)14(20)13(12)15/h9-11H,3-8,16H2,1-2H3. The molecule has 1 heterocycles. The van der Waals surface area contributed by atoms with Crippen LogP contribution in [0.5, 0.6) is 0 Å². The second kappa shape index (κ2) is 6.59. The van der Waals surface area contributed by atoms with Crippen molar-refractivity contribution in [3.63, 3.8) is 0 Å². The topological polar surface area (TPSA) is 64.2 Å². The molecule has 0 amide bonds. The van der Waals surface area contributed by atoms with Gasteiger partial charge in [-0.05, 0) is 32.2 Å². The molecule has 0 bridgehead atoms. The summed E-state index contributed by atoms with van der Waals surface area (Å²) in [7, 11) is 1.61. The highest BCUT2D eigenvalue weighted by Gasteiger charge is 2.30. The molecule has 1 aromatic rings. The smallest absolute Gasteiger partial charge is 0.287 e. The minimum Gasteiger partial charge on any atom is -0.366 e. The molecular weight excluding hydrogens is 276 g/mol. The van der Waals surface area contributed by atoms with E-state index >= 15 is 0 Å². The van der Waals surface area contributed by atoms with Crippen molar-refractivity contribution in [2.75, 3.05) is 18.0 Å². The second-order valence-electron chi connectivity index (χ2n) is 5.41. The highest BCUT2D eigenvalue weighted by molar-refractivity contribution is 6.33. The quantitative estimate of drug-likeness (QED) is 0.920. The van der Waals surface area contributed by atoms with Crippen LogP contribution in [0.15, 0.2) is 11.0 Å². The average molecular weight is 299 g/mol. The molecular formula is C14H23ClN4O. The average Bonchev–Trinajstić information content (AvgIpc) is 2.48. The molecule has 1 fully saturated rings. The Balaban J connectivity index is 2.36. The van der Waals surface area contributed by atoms with Gasteiger partial charge in [0.2, 0.25) is 0 Å². The van der Waals surface area contributed by atoms with Gasteiger partial charge in [0.1, 0.15) is 5.02 Å². The summed E-state index contributed by atoms with van der Waals surface area (Å²) in [5.74, 6) is 0.462. The number of aromatic nitrogens is 2. The first-order valence-corrected chi connectivity index (χ1v) is 7.66. The normalized spacial score (nSPS) is 22.8. The Kier molecular flexibility index (Phi) is 5.05. The van der Waals surface area contributed by atoms with Gasteiger partial charge in [0.15, 0.2) is 0 Å². The van der Waals surface area contributed by atoms with E-state index in [-0.39, 0.29) is 10.6 Å². The number of nitrogens with two attached hydrogens (primary N) is 1. The highest BCUT2D eigenvalue weighted by Crippen LogP contribution is 2.32. The van der Waals surface area contributed by atoms with Gasteiger partial charge in [0, 0.05) is 19.6 Å². The first-order valence-electron chi connectivity index (χ1n) is 7.28. The van der Waals surface area contributed by atoms with Crippen LogP contribution in [-0.2, 0) is 7.05 Å². The van der Waals surface area contributed by atoms with Gasteiger partial charge in [0.05, 0.1) is 11.9 Å². The third-order valence-corrected chi connectivity index (χ3v) is 4.64. The predicted octanol–water partition coefficient (Wildman–Crippen LogP) is 1.78. The zero-order valence-electron chi connectivity index (χ0n) is 12.2. The van der Waals surface area contributed by atoms with Crippen molar-refractivity contribution in [2.45, 2.75) is 38.6 Å². The zero-order valence-corrected chi connectivity index (χ0v) is 12.9. The van der Waals surface area contributed by atoms with Crippen molar-refractivity contribution in [3.05, 3.63) is 21.6 Å². The summed E-state index contributed by atoms with van der Waals surface area (Å²) < 4.78 is 1.26. The molecule has 6 heteroatoms. The van der Waals surface area contributed by atoms with Crippen molar-refractivity contribution in [1.82, 2.24) is 9.78 Å². The fourth-order valence-corrected chi connectivity index (χ4v) is 3.44. The first-order chi connectivity index (χ1) is 9.60. The molecule has 2 atom stereocenters. The fourth-order valence-electron chi connectivity index (χ4n) is 3.16. The van der Waals surface area contributed by atoms with Crippen molar-refractivity contribution >= 4 is 17.3 Å². The van der Waals surface area contributed by atoms with Crippen LogP contribution in [0.4, 0.5) is 5.69 Å². The fraction of sp³-hybridized carbons (Fsp3) is 0.714. The summed E-state index contributed by atoms with van der Waals surface area (Å²) in [6.07, 6.45) is 6.37. The largest absolute Gasteiger partial charge is 0.366 e. The van der Waals surface area contributed by atoms with E-state index in [0.717, 1.165) is 25.1 Å². The lowest BCUT2D eigenvalue weighted by molar-refractivity contribution is 0.300. The highest BCUT2D eigenvalue weighted by atomic mass is 35.5. The SMILES string of the molecule is CCN(c1cnn(C)c(=O)c1Cl)C1CCCCC1CN. The van der Waals surface area contributed by atoms with E-state index in [1.165, 1.54) is 17.5 Å². The van der Waals surface area contributed by atoms with Gasteiger partial charge >= 0.3 is 0 Å². The van der Waals surface area contributed by atoms with Crippen LogP contribution in [0.3, 0.4) is 0 Å². The van der Waals surface area contributed by atoms with Crippen molar-refractivity contribution in [3.8, 4) is 0 Å². The number of rotatable bonds is 4. The van der Waals surface area contributed by atoms with Gasteiger partial charge in [-0.3, -0.25) is 4.79 Å². The maximum atomic E-state index is 12.0. The van der Waals surface area contributed by atoms with E-state index in [1.807, 2.05) is 0 Å². The van der Waals surface area contributed by atoms with Crippen molar-refractivity contribution < 1.29 is 0 Å². The Morgan fingerprint density at radius 1 is 1.50 bits per heavy atom. The van der Waals surface area contributed by atoms with Crippen LogP contribution in [0.25, 0.3) is 0 Å². The number of anilines is 1. The molecule has 0 spiro atoms. The summed E-state index contributed by atoms with van der Waals surface area (Å²) in [6, 6.07) is 0.352. The molecule has 0 aliphatic heterocycles. The molecule has 0 radical (unpaired) electrons. The van der Waals surface area contributed by atoms with Gasteiger partial charge in [0.25, 0.3) is 5.56 Å². The third kappa shape index (κ3) is 2.83. The molecule has 2 rings (SSSR count). The monoisotopic (exact) mass is 298 g/mol. The van der Waals surface area contributed by atoms with E-state index in [4.69, 9.17) is 17.3 Å². The first kappa shape index (κ1) is 15.3. The molecule has 5 nitrogen and oxygen atoms in total. The van der Waals surface area contributed by atoms with Gasteiger partial charge in [-0.1, -0.05) is 24.4 Å². The zero-order chi connectivity index (χ0) is 14.7. The minimum absolute atomic E-state index is 0.247. The van der Waals surface area contributed by atoms with Crippen LogP contribution in [0.2, 0.25) is 5.02 Å². The molecule has 1 aliphatic carbocycles. The predicted molar refractivity (Wildman–Crippen MR) is 82.3 cm³/mol. The molecule has 20 heavy (non-hydrogen) atoms. The molecule has 0 saturated heterocycles. The number of hydrogen-bond acceptors (Lipinski definition) is 4. The van der Waals surface area contributed by atoms with Crippen molar-refractivity contribution in [1.29, 1.82) is 0 Å². The number of hydrogen-bond donors (Lipinski definition) is 1. The molecule has 1 aliphatic rings. The lowest BCUT2D eigenvalue weighted by Crippen LogP contribution is -2.46. The van der Waals surface area contributed by atoms with E-state index in [0.29, 0.717) is 18.5 Å². The third-order valence-electron chi connectivity index (χ3n) is 4.28. The Morgan fingerprint density at radius 2 is 2.20 bits per heavy atom. The maximum Gasteiger partial charge on any atom is 0.287 e. The van der Waals surface area contributed by atoms with Gasteiger partial charge in [-0.2, -0.15) is 5.10 Å². The summed E-state index contributed by atoms with van der Waals surface area (Å²) in [5.41, 5.74) is 6.41. The Hall–Kier alpha value is -1.07. The molecule has 1 saturated carbocycles. The van der Waals surface area contributed by atoms with Crippen LogP contribution < -0.4 is 16.2 Å². The Labute approximate surface area is 124 Å². The van der Waals surface area contributed by atoms with E-state index in [1.54, 1.807) is 13.2 Å². The van der Waals surface area contributed by atoms with E-state index in [9.17, 15) is 4.79 Å². The van der Waals surface area contributed by atoms with Crippen molar-refractivity contribution in [2.24, 2.45) is 18.7 Å².